The van der Waals surface area contributed by atoms with E-state index in [0.29, 0.717) is 30.7 Å². The number of amides is 1. The van der Waals surface area contributed by atoms with Crippen LogP contribution in [0.2, 0.25) is 0 Å². The average molecular weight is 432 g/mol. The Morgan fingerprint density at radius 1 is 1.19 bits per heavy atom. The number of ether oxygens (including phenoxy) is 1. The molecule has 1 atom stereocenters. The van der Waals surface area contributed by atoms with Crippen molar-refractivity contribution in [1.82, 2.24) is 20.9 Å². The molecule has 0 spiro atoms. The molecule has 1 heterocycles. The van der Waals surface area contributed by atoms with Gasteiger partial charge in [0, 0.05) is 57.5 Å². The first kappa shape index (κ1) is 25.1. The first-order chi connectivity index (χ1) is 14.9. The highest BCUT2D eigenvalue weighted by Gasteiger charge is 2.17. The van der Waals surface area contributed by atoms with Gasteiger partial charge in [-0.3, -0.25) is 14.7 Å². The minimum atomic E-state index is -0.0558. The zero-order valence-corrected chi connectivity index (χ0v) is 19.9. The van der Waals surface area contributed by atoms with E-state index in [9.17, 15) is 4.79 Å². The third-order valence-electron chi connectivity index (χ3n) is 5.60. The van der Waals surface area contributed by atoms with Gasteiger partial charge in [-0.05, 0) is 64.7 Å². The van der Waals surface area contributed by atoms with Crippen molar-refractivity contribution in [2.45, 2.75) is 71.7 Å². The second-order valence-electron chi connectivity index (χ2n) is 8.68. The number of benzene rings is 1. The van der Waals surface area contributed by atoms with Crippen LogP contribution < -0.4 is 16.0 Å². The highest BCUT2D eigenvalue weighted by Crippen LogP contribution is 2.11. The number of nitrogens with one attached hydrogen (secondary N) is 3. The van der Waals surface area contributed by atoms with Crippen molar-refractivity contribution in [2.24, 2.45) is 4.99 Å². The van der Waals surface area contributed by atoms with Gasteiger partial charge in [-0.2, -0.15) is 0 Å². The standard InChI is InChI=1S/C24H41N5O2/c1-18(2)29(19(3)4)13-8-12-26-24(25-5)28-16-20-9-6-10-21(15-20)23(30)27-17-22-11-7-14-31-22/h6,9-10,15,18-19,22H,7-8,11-14,16-17H2,1-5H3,(H,27,30)(H2,25,26,28). The van der Waals surface area contributed by atoms with Crippen molar-refractivity contribution in [2.75, 3.05) is 33.3 Å². The molecule has 1 amide bonds. The molecule has 0 aliphatic carbocycles. The highest BCUT2D eigenvalue weighted by atomic mass is 16.5. The summed E-state index contributed by atoms with van der Waals surface area (Å²) >= 11 is 0. The van der Waals surface area contributed by atoms with Crippen molar-refractivity contribution in [3.05, 3.63) is 35.4 Å². The molecule has 174 valence electrons. The predicted octanol–water partition coefficient (Wildman–Crippen LogP) is 2.77. The molecule has 2 rings (SSSR count). The lowest BCUT2D eigenvalue weighted by Crippen LogP contribution is -2.41. The van der Waals surface area contributed by atoms with E-state index in [1.54, 1.807) is 7.05 Å². The summed E-state index contributed by atoms with van der Waals surface area (Å²) in [6.07, 6.45) is 3.29. The molecule has 1 fully saturated rings. The molecule has 1 unspecified atom stereocenters. The summed E-state index contributed by atoms with van der Waals surface area (Å²) < 4.78 is 5.57. The number of aliphatic imine (C=N–C) groups is 1. The van der Waals surface area contributed by atoms with Gasteiger partial charge in [-0.15, -0.1) is 0 Å². The quantitative estimate of drug-likeness (QED) is 0.285. The predicted molar refractivity (Wildman–Crippen MR) is 128 cm³/mol. The van der Waals surface area contributed by atoms with Gasteiger partial charge in [0.05, 0.1) is 6.10 Å². The smallest absolute Gasteiger partial charge is 0.251 e. The summed E-state index contributed by atoms with van der Waals surface area (Å²) in [5.41, 5.74) is 1.71. The number of carbonyl (C=O) groups is 1. The summed E-state index contributed by atoms with van der Waals surface area (Å²) in [4.78, 5) is 19.2. The van der Waals surface area contributed by atoms with E-state index in [1.165, 1.54) is 0 Å². The lowest BCUT2D eigenvalue weighted by atomic mass is 10.1. The van der Waals surface area contributed by atoms with Gasteiger partial charge in [0.2, 0.25) is 0 Å². The van der Waals surface area contributed by atoms with E-state index < -0.39 is 0 Å². The number of hydrogen-bond donors (Lipinski definition) is 3. The summed E-state index contributed by atoms with van der Waals surface area (Å²) in [7, 11) is 1.78. The van der Waals surface area contributed by atoms with Crippen LogP contribution in [0.3, 0.4) is 0 Å². The Hall–Kier alpha value is -2.12. The summed E-state index contributed by atoms with van der Waals surface area (Å²) in [6, 6.07) is 8.80. The maximum atomic E-state index is 12.4. The normalized spacial score (nSPS) is 16.9. The van der Waals surface area contributed by atoms with Crippen molar-refractivity contribution in [1.29, 1.82) is 0 Å². The minimum Gasteiger partial charge on any atom is -0.376 e. The van der Waals surface area contributed by atoms with Gasteiger partial charge in [0.25, 0.3) is 5.91 Å². The van der Waals surface area contributed by atoms with Gasteiger partial charge in [-0.1, -0.05) is 12.1 Å². The average Bonchev–Trinajstić information content (AvgIpc) is 3.27. The topological polar surface area (TPSA) is 78.0 Å². The molecule has 31 heavy (non-hydrogen) atoms. The monoisotopic (exact) mass is 431 g/mol. The number of guanidine groups is 1. The molecule has 1 saturated heterocycles. The summed E-state index contributed by atoms with van der Waals surface area (Å²) in [6.45, 7) is 12.9. The van der Waals surface area contributed by atoms with Crippen LogP contribution >= 0.6 is 0 Å². The number of carbonyl (C=O) groups excluding carboxylic acids is 1. The molecule has 0 aromatic heterocycles. The maximum Gasteiger partial charge on any atom is 0.251 e. The lowest BCUT2D eigenvalue weighted by Gasteiger charge is -2.30. The fourth-order valence-corrected chi connectivity index (χ4v) is 3.92. The SMILES string of the molecule is CN=C(NCCCN(C(C)C)C(C)C)NCc1cccc(C(=O)NCC2CCCO2)c1. The van der Waals surface area contributed by atoms with Crippen LogP contribution in [-0.2, 0) is 11.3 Å². The third kappa shape index (κ3) is 8.87. The summed E-state index contributed by atoms with van der Waals surface area (Å²) in [5, 5.41) is 9.70. The van der Waals surface area contributed by atoms with Gasteiger partial charge in [0.15, 0.2) is 5.96 Å². The molecule has 1 aromatic carbocycles. The van der Waals surface area contributed by atoms with E-state index in [0.717, 1.165) is 50.5 Å². The first-order valence-corrected chi connectivity index (χ1v) is 11.6. The third-order valence-corrected chi connectivity index (χ3v) is 5.60. The van der Waals surface area contributed by atoms with Crippen molar-refractivity contribution in [3.8, 4) is 0 Å². The Balaban J connectivity index is 1.75. The fourth-order valence-electron chi connectivity index (χ4n) is 3.92. The van der Waals surface area contributed by atoms with E-state index >= 15 is 0 Å². The van der Waals surface area contributed by atoms with Crippen LogP contribution in [0.15, 0.2) is 29.3 Å². The van der Waals surface area contributed by atoms with Gasteiger partial charge < -0.3 is 20.7 Å². The first-order valence-electron chi connectivity index (χ1n) is 11.6. The molecule has 3 N–H and O–H groups in total. The van der Waals surface area contributed by atoms with Crippen LogP contribution in [0.1, 0.15) is 62.9 Å². The van der Waals surface area contributed by atoms with E-state index in [-0.39, 0.29) is 12.0 Å². The Labute approximate surface area is 188 Å². The van der Waals surface area contributed by atoms with E-state index in [2.05, 4.69) is 53.5 Å². The van der Waals surface area contributed by atoms with E-state index in [1.807, 2.05) is 24.3 Å². The lowest BCUT2D eigenvalue weighted by molar-refractivity contribution is 0.0857. The fraction of sp³-hybridized carbons (Fsp3) is 0.667. The number of hydrogen-bond acceptors (Lipinski definition) is 4. The van der Waals surface area contributed by atoms with Crippen LogP contribution in [0.25, 0.3) is 0 Å². The summed E-state index contributed by atoms with van der Waals surface area (Å²) in [5.74, 6) is 0.716. The molecule has 1 aliphatic heterocycles. The minimum absolute atomic E-state index is 0.0558. The molecular weight excluding hydrogens is 390 g/mol. The largest absolute Gasteiger partial charge is 0.376 e. The Kier molecular flexibility index (Phi) is 10.8. The second-order valence-corrected chi connectivity index (χ2v) is 8.68. The molecule has 7 heteroatoms. The molecule has 1 aliphatic rings. The van der Waals surface area contributed by atoms with Gasteiger partial charge in [0.1, 0.15) is 0 Å². The Bertz CT molecular complexity index is 691. The van der Waals surface area contributed by atoms with Crippen LogP contribution in [0.5, 0.6) is 0 Å². The molecule has 0 saturated carbocycles. The maximum absolute atomic E-state index is 12.4. The Morgan fingerprint density at radius 3 is 2.61 bits per heavy atom. The Morgan fingerprint density at radius 2 is 1.97 bits per heavy atom. The van der Waals surface area contributed by atoms with Crippen molar-refractivity contribution < 1.29 is 9.53 Å². The highest BCUT2D eigenvalue weighted by molar-refractivity contribution is 5.94. The van der Waals surface area contributed by atoms with Gasteiger partial charge in [-0.25, -0.2) is 0 Å². The van der Waals surface area contributed by atoms with Crippen molar-refractivity contribution >= 4 is 11.9 Å². The number of nitrogens with zero attached hydrogens (tertiary/aromatic N) is 2. The molecule has 0 bridgehead atoms. The molecular formula is C24H41N5O2. The molecule has 0 radical (unpaired) electrons. The van der Waals surface area contributed by atoms with Crippen LogP contribution in [0.4, 0.5) is 0 Å². The zero-order chi connectivity index (χ0) is 22.6. The van der Waals surface area contributed by atoms with E-state index in [4.69, 9.17) is 4.74 Å². The molecule has 7 nitrogen and oxygen atoms in total. The zero-order valence-electron chi connectivity index (χ0n) is 19.9. The molecule has 1 aromatic rings. The van der Waals surface area contributed by atoms with Gasteiger partial charge >= 0.3 is 0 Å². The van der Waals surface area contributed by atoms with Crippen LogP contribution in [0, 0.1) is 0 Å². The van der Waals surface area contributed by atoms with Crippen molar-refractivity contribution in [3.63, 3.8) is 0 Å². The number of rotatable bonds is 11. The second kappa shape index (κ2) is 13.3. The van der Waals surface area contributed by atoms with Crippen LogP contribution in [-0.4, -0.2) is 68.2 Å².